The van der Waals surface area contributed by atoms with Gasteiger partial charge in [0.05, 0.1) is 12.0 Å². The minimum Gasteiger partial charge on any atom is -0.456 e. The molecule has 3 heterocycles. The molecule has 0 aromatic carbocycles. The van der Waals surface area contributed by atoms with Gasteiger partial charge in [-0.1, -0.05) is 24.1 Å². The van der Waals surface area contributed by atoms with Gasteiger partial charge in [-0.15, -0.1) is 0 Å². The van der Waals surface area contributed by atoms with Crippen LogP contribution >= 0.6 is 0 Å². The normalized spacial score (nSPS) is 13.6. The number of pyridine rings is 1. The number of hydrogen-bond acceptors (Lipinski definition) is 8. The van der Waals surface area contributed by atoms with E-state index in [1.807, 2.05) is 19.9 Å². The molecule has 1 N–H and O–H groups in total. The fourth-order valence-electron chi connectivity index (χ4n) is 4.26. The molecule has 34 heavy (non-hydrogen) atoms. The highest BCUT2D eigenvalue weighted by atomic mass is 16.5. The molecule has 0 bridgehead atoms. The largest absolute Gasteiger partial charge is 0.456 e. The molecule has 0 aliphatic heterocycles. The lowest BCUT2D eigenvalue weighted by atomic mass is 10.2. The van der Waals surface area contributed by atoms with Crippen LogP contribution in [0.15, 0.2) is 28.9 Å². The zero-order valence-corrected chi connectivity index (χ0v) is 19.2. The molecule has 10 heteroatoms. The number of nitrogens with zero attached hydrogens (tertiary/aromatic N) is 5. The molecule has 0 unspecified atom stereocenters. The molecule has 1 aliphatic rings. The van der Waals surface area contributed by atoms with Gasteiger partial charge in [-0.05, 0) is 44.4 Å². The number of esters is 1. The number of carbonyl (C=O) groups is 2. The number of nitriles is 1. The predicted octanol–water partition coefficient (Wildman–Crippen LogP) is 3.65. The first-order chi connectivity index (χ1) is 16.5. The molecule has 1 amide bonds. The number of aromatic nitrogens is 4. The number of aryl methyl sites for hydroxylation is 1. The summed E-state index contributed by atoms with van der Waals surface area (Å²) in [7, 11) is 0. The minimum atomic E-state index is -0.563. The van der Waals surface area contributed by atoms with Crippen LogP contribution in [0.3, 0.4) is 0 Å². The molecule has 1 fully saturated rings. The van der Waals surface area contributed by atoms with E-state index in [4.69, 9.17) is 9.26 Å². The van der Waals surface area contributed by atoms with Crippen molar-refractivity contribution in [2.45, 2.75) is 58.4 Å². The summed E-state index contributed by atoms with van der Waals surface area (Å²) in [4.78, 5) is 33.1. The lowest BCUT2D eigenvalue weighted by Crippen LogP contribution is -2.24. The minimum absolute atomic E-state index is 0.0166. The number of rotatable bonds is 8. The molecule has 3 aromatic heterocycles. The smallest absolute Gasteiger partial charge is 0.306 e. The third kappa shape index (κ3) is 4.98. The fraction of sp³-hybridized carbons (Fsp3) is 0.417. The van der Waals surface area contributed by atoms with Crippen LogP contribution in [0, 0.1) is 25.2 Å². The monoisotopic (exact) mass is 462 g/mol. The van der Waals surface area contributed by atoms with E-state index in [9.17, 15) is 14.9 Å². The number of hydrogen-bond donors (Lipinski definition) is 1. The van der Waals surface area contributed by atoms with Gasteiger partial charge < -0.3 is 19.1 Å². The van der Waals surface area contributed by atoms with Gasteiger partial charge in [-0.25, -0.2) is 0 Å². The Balaban J connectivity index is 1.31. The Labute approximate surface area is 196 Å². The summed E-state index contributed by atoms with van der Waals surface area (Å²) in [5.74, 6) is 0.0514. The zero-order valence-electron chi connectivity index (χ0n) is 19.2. The average molecular weight is 463 g/mol. The van der Waals surface area contributed by atoms with Crippen LogP contribution in [0.25, 0.3) is 11.5 Å². The van der Waals surface area contributed by atoms with E-state index in [0.29, 0.717) is 22.9 Å². The van der Waals surface area contributed by atoms with E-state index in [1.165, 1.54) is 0 Å². The van der Waals surface area contributed by atoms with Crippen LogP contribution in [-0.2, 0) is 20.7 Å². The Bertz CT molecular complexity index is 1220. The summed E-state index contributed by atoms with van der Waals surface area (Å²) >= 11 is 0. The van der Waals surface area contributed by atoms with Gasteiger partial charge in [0.2, 0.25) is 11.7 Å². The first-order valence-electron chi connectivity index (χ1n) is 11.3. The number of ether oxygens (including phenoxy) is 1. The second kappa shape index (κ2) is 10.3. The van der Waals surface area contributed by atoms with Crippen molar-refractivity contribution in [1.29, 1.82) is 5.26 Å². The first-order valence-corrected chi connectivity index (χ1v) is 11.3. The quantitative estimate of drug-likeness (QED) is 0.501. The molecular weight excluding hydrogens is 436 g/mol. The second-order valence-corrected chi connectivity index (χ2v) is 8.29. The molecule has 4 rings (SSSR count). The average Bonchev–Trinajstić information content (AvgIpc) is 3.58. The Morgan fingerprint density at radius 3 is 2.79 bits per heavy atom. The maximum atomic E-state index is 12.5. The lowest BCUT2D eigenvalue weighted by Gasteiger charge is -2.19. The van der Waals surface area contributed by atoms with Crippen LogP contribution in [0.1, 0.15) is 60.9 Å². The summed E-state index contributed by atoms with van der Waals surface area (Å²) in [6.07, 6.45) is 6.06. The number of carbonyl (C=O) groups excluding carboxylic acids is 2. The van der Waals surface area contributed by atoms with E-state index in [-0.39, 0.29) is 24.8 Å². The summed E-state index contributed by atoms with van der Waals surface area (Å²) in [5, 5.41) is 16.3. The van der Waals surface area contributed by atoms with Crippen molar-refractivity contribution in [3.8, 4) is 17.6 Å². The van der Waals surface area contributed by atoms with Gasteiger partial charge in [0.15, 0.2) is 6.61 Å². The van der Waals surface area contributed by atoms with E-state index in [1.54, 1.807) is 18.3 Å². The highest BCUT2D eigenvalue weighted by molar-refractivity contribution is 5.93. The van der Waals surface area contributed by atoms with Crippen molar-refractivity contribution in [2.75, 3.05) is 11.9 Å². The fourth-order valence-corrected chi connectivity index (χ4v) is 4.26. The molecule has 0 spiro atoms. The van der Waals surface area contributed by atoms with Crippen LogP contribution in [0.4, 0.5) is 5.82 Å². The van der Waals surface area contributed by atoms with E-state index in [0.717, 1.165) is 36.9 Å². The molecule has 1 saturated carbocycles. The molecule has 0 radical (unpaired) electrons. The number of anilines is 1. The molecule has 176 valence electrons. The summed E-state index contributed by atoms with van der Waals surface area (Å²) in [6.45, 7) is 3.40. The summed E-state index contributed by atoms with van der Waals surface area (Å²) in [5.41, 5.74) is 2.84. The van der Waals surface area contributed by atoms with E-state index >= 15 is 0 Å². The van der Waals surface area contributed by atoms with Crippen LogP contribution < -0.4 is 5.32 Å². The number of amides is 1. The molecule has 10 nitrogen and oxygen atoms in total. The zero-order chi connectivity index (χ0) is 24.1. The van der Waals surface area contributed by atoms with Gasteiger partial charge in [-0.2, -0.15) is 10.2 Å². The Morgan fingerprint density at radius 2 is 2.09 bits per heavy atom. The van der Waals surface area contributed by atoms with Crippen molar-refractivity contribution in [1.82, 2.24) is 19.7 Å². The Kier molecular flexibility index (Phi) is 7.01. The summed E-state index contributed by atoms with van der Waals surface area (Å²) in [6, 6.07) is 7.81. The van der Waals surface area contributed by atoms with Crippen molar-refractivity contribution >= 4 is 17.7 Å². The van der Waals surface area contributed by atoms with E-state index in [2.05, 4.69) is 31.1 Å². The maximum absolute atomic E-state index is 12.5. The molecule has 3 aromatic rings. The molecule has 0 atom stereocenters. The maximum Gasteiger partial charge on any atom is 0.306 e. The van der Waals surface area contributed by atoms with Crippen molar-refractivity contribution < 1.29 is 18.8 Å². The van der Waals surface area contributed by atoms with Crippen molar-refractivity contribution in [3.05, 3.63) is 47.1 Å². The van der Waals surface area contributed by atoms with Gasteiger partial charge in [0, 0.05) is 24.4 Å². The van der Waals surface area contributed by atoms with Crippen molar-refractivity contribution in [3.63, 3.8) is 0 Å². The molecule has 0 saturated heterocycles. The number of nitrogens with one attached hydrogen (secondary N) is 1. The third-order valence-electron chi connectivity index (χ3n) is 6.09. The summed E-state index contributed by atoms with van der Waals surface area (Å²) < 4.78 is 12.3. The lowest BCUT2D eigenvalue weighted by molar-refractivity contribution is -0.147. The second-order valence-electron chi connectivity index (χ2n) is 8.29. The van der Waals surface area contributed by atoms with Gasteiger partial charge in [-0.3, -0.25) is 14.6 Å². The highest BCUT2D eigenvalue weighted by Crippen LogP contribution is 2.37. The van der Waals surface area contributed by atoms with Crippen LogP contribution in [0.5, 0.6) is 0 Å². The molecular formula is C24H26N6O4. The topological polar surface area (TPSA) is 136 Å². The molecule has 1 aliphatic carbocycles. The Hall–Kier alpha value is -4.00. The van der Waals surface area contributed by atoms with Gasteiger partial charge in [0.1, 0.15) is 17.6 Å². The predicted molar refractivity (Wildman–Crippen MR) is 122 cm³/mol. The van der Waals surface area contributed by atoms with Gasteiger partial charge >= 0.3 is 5.97 Å². The van der Waals surface area contributed by atoms with E-state index < -0.39 is 18.5 Å². The van der Waals surface area contributed by atoms with Crippen LogP contribution in [-0.4, -0.2) is 38.2 Å². The van der Waals surface area contributed by atoms with Crippen molar-refractivity contribution in [2.24, 2.45) is 0 Å². The highest BCUT2D eigenvalue weighted by Gasteiger charge is 2.27. The van der Waals surface area contributed by atoms with Crippen LogP contribution in [0.2, 0.25) is 0 Å². The first kappa shape index (κ1) is 23.2. The van der Waals surface area contributed by atoms with Gasteiger partial charge in [0.25, 0.3) is 5.91 Å². The standard InChI is InChI=1S/C24H26N6O4/c1-15-16(2)30(17-7-3-4-8-17)24(18(15)13-25)27-20(31)14-33-22(32)11-10-21-28-23(29-34-21)19-9-5-6-12-26-19/h5-6,9,12,17H,3-4,7-8,10-11,14H2,1-2H3,(H,27,31). The Morgan fingerprint density at radius 1 is 1.29 bits per heavy atom. The SMILES string of the molecule is Cc1c(C#N)c(NC(=O)COC(=O)CCc2nc(-c3ccccn3)no2)n(C2CCCC2)c1C. The third-order valence-corrected chi connectivity index (χ3v) is 6.09.